The zero-order valence-electron chi connectivity index (χ0n) is 12.0. The van der Waals surface area contributed by atoms with Crippen molar-refractivity contribution in [1.29, 1.82) is 0 Å². The molecule has 1 rings (SSSR count). The topological polar surface area (TPSA) is 112 Å². The van der Waals surface area contributed by atoms with Crippen molar-refractivity contribution in [3.63, 3.8) is 0 Å². The first kappa shape index (κ1) is 22.1. The van der Waals surface area contributed by atoms with Gasteiger partial charge in [0.15, 0.2) is 0 Å². The first-order chi connectivity index (χ1) is 8.31. The molecule has 0 aliphatic heterocycles. The number of aliphatic hydroxyl groups excluding tert-OH is 1. The van der Waals surface area contributed by atoms with E-state index in [4.69, 9.17) is 0 Å². The number of rotatable bonds is 6. The second-order valence-corrected chi connectivity index (χ2v) is 5.70. The monoisotopic (exact) mass is 313 g/mol. The fraction of sp³-hybridized carbons (Fsp3) is 0.500. The fourth-order valence-corrected chi connectivity index (χ4v) is 2.36. The zero-order chi connectivity index (χ0) is 13.8. The van der Waals surface area contributed by atoms with Crippen LogP contribution in [0, 0.1) is 6.92 Å². The van der Waals surface area contributed by atoms with Crippen molar-refractivity contribution in [2.24, 2.45) is 0 Å². The molecule has 0 radical (unpaired) electrons. The molecule has 0 amide bonds. The van der Waals surface area contributed by atoms with Crippen LogP contribution < -0.4 is 34.5 Å². The Kier molecular flexibility index (Phi) is 10.8. The summed E-state index contributed by atoms with van der Waals surface area (Å²) < 4.78 is 31.7. The fourth-order valence-electron chi connectivity index (χ4n) is 1.78. The van der Waals surface area contributed by atoms with Crippen molar-refractivity contribution in [2.45, 2.75) is 20.0 Å². The van der Waals surface area contributed by atoms with Crippen LogP contribution in [0.5, 0.6) is 0 Å². The van der Waals surface area contributed by atoms with E-state index in [-0.39, 0.29) is 41.6 Å². The number of aryl methyl sites for hydroxylation is 1. The standard InChI is InChI=1S/C12H19NO4S.Na.H2O/c1-3-13(8-12(14)9-18(15,16)17)11-6-4-5-10(2)7-11;;/h4-7,12,14H,3,8-9H2,1-2H3,(H,15,16,17);;1H2/q;+1;/p-1. The molecule has 0 heterocycles. The van der Waals surface area contributed by atoms with Crippen LogP contribution in [0.2, 0.25) is 0 Å². The van der Waals surface area contributed by atoms with Crippen molar-refractivity contribution >= 4 is 15.8 Å². The Hall–Kier alpha value is -0.150. The molecular weight excluding hydrogens is 293 g/mol. The Bertz CT molecular complexity index is 494. The number of hydrogen-bond donors (Lipinski definition) is 1. The van der Waals surface area contributed by atoms with E-state index in [1.165, 1.54) is 0 Å². The van der Waals surface area contributed by atoms with Crippen molar-refractivity contribution in [3.05, 3.63) is 29.8 Å². The Morgan fingerprint density at radius 2 is 2.00 bits per heavy atom. The molecule has 3 N–H and O–H groups in total. The number of nitrogens with zero attached hydrogens (tertiary/aromatic N) is 1. The molecule has 0 saturated heterocycles. The zero-order valence-corrected chi connectivity index (χ0v) is 14.9. The van der Waals surface area contributed by atoms with Crippen LogP contribution in [-0.2, 0) is 10.1 Å². The second-order valence-electron chi connectivity index (χ2n) is 4.26. The van der Waals surface area contributed by atoms with E-state index in [9.17, 15) is 18.1 Å². The molecule has 8 heteroatoms. The Labute approximate surface area is 142 Å². The molecule has 110 valence electrons. The van der Waals surface area contributed by atoms with Crippen LogP contribution >= 0.6 is 0 Å². The summed E-state index contributed by atoms with van der Waals surface area (Å²) >= 11 is 0. The number of anilines is 1. The van der Waals surface area contributed by atoms with Gasteiger partial charge in [-0.05, 0) is 31.5 Å². The Morgan fingerprint density at radius 1 is 1.40 bits per heavy atom. The van der Waals surface area contributed by atoms with Crippen molar-refractivity contribution in [3.8, 4) is 0 Å². The predicted octanol–water partition coefficient (Wildman–Crippen LogP) is -3.09. The molecule has 1 aromatic carbocycles. The van der Waals surface area contributed by atoms with Gasteiger partial charge in [0.25, 0.3) is 0 Å². The molecule has 0 bridgehead atoms. The SMILES string of the molecule is CCN(CC(O)CS(=O)(=O)[O-])c1cccc(C)c1.O.[Na+]. The van der Waals surface area contributed by atoms with Gasteiger partial charge in [0.05, 0.1) is 22.0 Å². The second kappa shape index (κ2) is 9.73. The average molecular weight is 313 g/mol. The largest absolute Gasteiger partial charge is 1.00 e. The van der Waals surface area contributed by atoms with Gasteiger partial charge in [-0.1, -0.05) is 12.1 Å². The van der Waals surface area contributed by atoms with Gasteiger partial charge in [0.1, 0.15) is 0 Å². The molecular formula is C12H20NNaO5S. The molecule has 0 aliphatic carbocycles. The summed E-state index contributed by atoms with van der Waals surface area (Å²) in [6, 6.07) is 7.68. The molecule has 0 aliphatic rings. The minimum Gasteiger partial charge on any atom is -0.748 e. The molecule has 0 spiro atoms. The van der Waals surface area contributed by atoms with E-state index < -0.39 is 22.0 Å². The quantitative estimate of drug-likeness (QED) is 0.442. The summed E-state index contributed by atoms with van der Waals surface area (Å²) in [6.45, 7) is 4.61. The third kappa shape index (κ3) is 8.21. The molecule has 20 heavy (non-hydrogen) atoms. The summed E-state index contributed by atoms with van der Waals surface area (Å²) in [5.74, 6) is -0.755. The van der Waals surface area contributed by atoms with Crippen molar-refractivity contribution < 1.29 is 53.1 Å². The molecule has 6 nitrogen and oxygen atoms in total. The van der Waals surface area contributed by atoms with Crippen molar-refractivity contribution in [1.82, 2.24) is 0 Å². The smallest absolute Gasteiger partial charge is 0.748 e. The van der Waals surface area contributed by atoms with E-state index >= 15 is 0 Å². The summed E-state index contributed by atoms with van der Waals surface area (Å²) in [6.07, 6.45) is -1.17. The van der Waals surface area contributed by atoms with Crippen molar-refractivity contribution in [2.75, 3.05) is 23.7 Å². The van der Waals surface area contributed by atoms with Gasteiger partial charge in [-0.2, -0.15) is 0 Å². The van der Waals surface area contributed by atoms with Crippen LogP contribution in [0.15, 0.2) is 24.3 Å². The number of benzene rings is 1. The van der Waals surface area contributed by atoms with Crippen LogP contribution in [0.4, 0.5) is 5.69 Å². The van der Waals surface area contributed by atoms with Gasteiger partial charge in [-0.25, -0.2) is 8.42 Å². The van der Waals surface area contributed by atoms with Crippen LogP contribution in [0.1, 0.15) is 12.5 Å². The predicted molar refractivity (Wildman–Crippen MR) is 73.3 cm³/mol. The average Bonchev–Trinajstić information content (AvgIpc) is 2.23. The van der Waals surface area contributed by atoms with E-state index in [1.54, 1.807) is 0 Å². The van der Waals surface area contributed by atoms with Gasteiger partial charge in [0, 0.05) is 18.8 Å². The minimum absolute atomic E-state index is 0. The maximum absolute atomic E-state index is 10.6. The van der Waals surface area contributed by atoms with E-state index in [1.807, 2.05) is 43.0 Å². The summed E-state index contributed by atoms with van der Waals surface area (Å²) in [7, 11) is -4.39. The third-order valence-electron chi connectivity index (χ3n) is 2.58. The van der Waals surface area contributed by atoms with E-state index in [0.29, 0.717) is 6.54 Å². The summed E-state index contributed by atoms with van der Waals surface area (Å²) in [4.78, 5) is 1.84. The molecule has 0 aromatic heterocycles. The van der Waals surface area contributed by atoms with E-state index in [2.05, 4.69) is 0 Å². The summed E-state index contributed by atoms with van der Waals surface area (Å²) in [5, 5.41) is 9.60. The molecule has 1 unspecified atom stereocenters. The Morgan fingerprint density at radius 3 is 2.45 bits per heavy atom. The van der Waals surface area contributed by atoms with Crippen LogP contribution in [-0.4, -0.2) is 48.5 Å². The van der Waals surface area contributed by atoms with E-state index in [0.717, 1.165) is 11.3 Å². The molecule has 1 aromatic rings. The van der Waals surface area contributed by atoms with Crippen LogP contribution in [0.3, 0.4) is 0 Å². The van der Waals surface area contributed by atoms with Gasteiger partial charge in [-0.3, -0.25) is 0 Å². The number of aliphatic hydroxyl groups is 1. The van der Waals surface area contributed by atoms with Gasteiger partial charge in [0.2, 0.25) is 0 Å². The van der Waals surface area contributed by atoms with Gasteiger partial charge < -0.3 is 20.0 Å². The molecule has 0 fully saturated rings. The minimum atomic E-state index is -4.39. The number of likely N-dealkylation sites (N-methyl/N-ethyl adjacent to an activating group) is 1. The number of hydrogen-bond acceptors (Lipinski definition) is 5. The first-order valence-corrected chi connectivity index (χ1v) is 7.33. The summed E-state index contributed by atoms with van der Waals surface area (Å²) in [5.41, 5.74) is 1.98. The third-order valence-corrected chi connectivity index (χ3v) is 3.37. The van der Waals surface area contributed by atoms with Gasteiger partial charge in [-0.15, -0.1) is 0 Å². The molecule has 1 atom stereocenters. The van der Waals surface area contributed by atoms with Crippen LogP contribution in [0.25, 0.3) is 0 Å². The normalized spacial score (nSPS) is 12.0. The maximum Gasteiger partial charge on any atom is 1.00 e. The molecule has 0 saturated carbocycles. The first-order valence-electron chi connectivity index (χ1n) is 5.75. The van der Waals surface area contributed by atoms with Gasteiger partial charge >= 0.3 is 29.6 Å². The maximum atomic E-state index is 10.6. The Balaban J connectivity index is 0.